The molecule has 2 aromatic carbocycles. The minimum atomic E-state index is 0.0776. The summed E-state index contributed by atoms with van der Waals surface area (Å²) < 4.78 is 0. The maximum absolute atomic E-state index is 4.65. The summed E-state index contributed by atoms with van der Waals surface area (Å²) in [6.07, 6.45) is 3.71. The van der Waals surface area contributed by atoms with Crippen molar-refractivity contribution < 1.29 is 0 Å². The van der Waals surface area contributed by atoms with Crippen molar-refractivity contribution in [1.82, 2.24) is 20.2 Å². The van der Waals surface area contributed by atoms with Gasteiger partial charge in [0, 0.05) is 43.8 Å². The summed E-state index contributed by atoms with van der Waals surface area (Å²) in [6.45, 7) is 88.1. The first-order chi connectivity index (χ1) is 35.8. The fourth-order valence-electron chi connectivity index (χ4n) is 6.29. The average molecular weight is 1140 g/mol. The van der Waals surface area contributed by atoms with Crippen LogP contribution in [0.4, 0.5) is 0 Å². The summed E-state index contributed by atoms with van der Waals surface area (Å²) >= 11 is 1.95. The molecule has 0 fully saturated rings. The molecule has 0 atom stereocenters. The number of rotatable bonds is 0. The Hall–Kier alpha value is -3.70. The molecule has 81 heavy (non-hydrogen) atoms. The summed E-state index contributed by atoms with van der Waals surface area (Å²) in [4.78, 5) is 11.9. The molecule has 3 aromatic heterocycles. The van der Waals surface area contributed by atoms with Gasteiger partial charge in [0.1, 0.15) is 0 Å². The molecule has 0 unspecified atom stereocenters. The predicted octanol–water partition coefficient (Wildman–Crippen LogP) is 24.2. The molecule has 4 nitrogen and oxygen atoms in total. The molecule has 5 rings (SSSR count). The predicted molar refractivity (Wildman–Crippen MR) is 370 cm³/mol. The molecule has 464 valence electrons. The Morgan fingerprint density at radius 2 is 0.506 bits per heavy atom. The number of thiophene rings is 1. The normalized spacial score (nSPS) is 12.7. The Morgan fingerprint density at radius 3 is 0.679 bits per heavy atom. The van der Waals surface area contributed by atoms with E-state index in [1.165, 1.54) is 32.0 Å². The van der Waals surface area contributed by atoms with Gasteiger partial charge >= 0.3 is 0 Å². The van der Waals surface area contributed by atoms with E-state index in [0.29, 0.717) is 21.7 Å². The van der Waals surface area contributed by atoms with Gasteiger partial charge in [-0.25, -0.2) is 0 Å². The van der Waals surface area contributed by atoms with Crippen molar-refractivity contribution in [1.29, 1.82) is 0 Å². The van der Waals surface area contributed by atoms with Crippen molar-refractivity contribution in [2.75, 3.05) is 0 Å². The lowest BCUT2D eigenvalue weighted by Gasteiger charge is -2.34. The molecular formula is C76H134N4S. The van der Waals surface area contributed by atoms with Gasteiger partial charge in [-0.2, -0.15) is 10.2 Å². The van der Waals surface area contributed by atoms with Crippen LogP contribution >= 0.6 is 11.3 Å². The maximum atomic E-state index is 4.65. The van der Waals surface area contributed by atoms with Crippen molar-refractivity contribution in [3.8, 4) is 0 Å². The van der Waals surface area contributed by atoms with E-state index >= 15 is 0 Å². The third kappa shape index (κ3) is 32.2. The molecular weight excluding hydrogens is 1000 g/mol. The third-order valence-electron chi connectivity index (χ3n) is 13.9. The first-order valence-electron chi connectivity index (χ1n) is 30.8. The largest absolute Gasteiger partial charge is 0.261 e. The van der Waals surface area contributed by atoms with E-state index in [4.69, 9.17) is 0 Å². The molecule has 3 heterocycles. The molecule has 0 saturated heterocycles. The lowest BCUT2D eigenvalue weighted by atomic mass is 9.71. The second-order valence-corrected chi connectivity index (χ2v) is 35.0. The lowest BCUT2D eigenvalue weighted by Crippen LogP contribution is -2.25. The smallest absolute Gasteiger partial charge is 0.0684 e. The standard InChI is InChI=1S/2C14H22.2C12H20N2.C12H20S.C8H18.2C2H6/c1-13(2,3)11-7-9-12(10-8-11)14(4,5)6;1-13(2,3)11-8-7-9-12(10-11)14(4,5)6;1-11(2,3)9-7-13-8-10(14-9)12(4,5)6;1-11(2,3)9-7-8-10(14-13-9)12(4,5)6;1-11(2,3)9-7-8-10(13-9)12(4,5)6;1-7(2,3)8(4,5)6;2*1-2/h2*7-10H,1-6H3;2*7-8H,1-6H3;7-8H,1-6H3;1-6H3;2*1-2H3. The fraction of sp³-hybridized carbons (Fsp3) is 0.684. The van der Waals surface area contributed by atoms with Crippen molar-refractivity contribution in [2.24, 2.45) is 10.8 Å². The molecule has 5 aromatic rings. The lowest BCUT2D eigenvalue weighted by molar-refractivity contribution is 0.157. The van der Waals surface area contributed by atoms with Crippen LogP contribution in [0.15, 0.2) is 85.2 Å². The molecule has 0 saturated carbocycles. The van der Waals surface area contributed by atoms with Gasteiger partial charge in [0.05, 0.1) is 22.8 Å². The first kappa shape index (κ1) is 81.5. The van der Waals surface area contributed by atoms with E-state index in [1.54, 1.807) is 0 Å². The van der Waals surface area contributed by atoms with E-state index in [9.17, 15) is 0 Å². The summed E-state index contributed by atoms with van der Waals surface area (Å²) in [5, 5.41) is 8.53. The highest BCUT2D eigenvalue weighted by Gasteiger charge is 2.27. The topological polar surface area (TPSA) is 51.6 Å². The monoisotopic (exact) mass is 1140 g/mol. The van der Waals surface area contributed by atoms with Gasteiger partial charge < -0.3 is 0 Å². The SMILES string of the molecule is CC.CC.CC(C)(C)C(C)(C)C.CC(C)(C)c1ccc(C(C)(C)C)cc1.CC(C)(C)c1ccc(C(C)(C)C)nn1.CC(C)(C)c1ccc(C(C)(C)C)s1.CC(C)(C)c1cccc(C(C)(C)C)c1.CC(C)(C)c1cncc(C(C)(C)C)n1. The van der Waals surface area contributed by atoms with Gasteiger partial charge in [-0.1, -0.05) is 325 Å². The second-order valence-electron chi connectivity index (χ2n) is 33.9. The van der Waals surface area contributed by atoms with E-state index in [0.717, 1.165) is 22.8 Å². The number of aromatic nitrogens is 4. The number of hydrogen-bond donors (Lipinski definition) is 0. The quantitative estimate of drug-likeness (QED) is 0.155. The van der Waals surface area contributed by atoms with Crippen LogP contribution in [0.3, 0.4) is 0 Å². The summed E-state index contributed by atoms with van der Waals surface area (Å²) in [5.41, 5.74) is 12.7. The van der Waals surface area contributed by atoms with Gasteiger partial charge in [-0.15, -0.1) is 11.3 Å². The van der Waals surface area contributed by atoms with E-state index < -0.39 is 0 Å². The summed E-state index contributed by atoms with van der Waals surface area (Å²) in [7, 11) is 0. The van der Waals surface area contributed by atoms with Crippen molar-refractivity contribution >= 4 is 11.3 Å². The van der Waals surface area contributed by atoms with Gasteiger partial charge in [0.2, 0.25) is 0 Å². The van der Waals surface area contributed by atoms with Gasteiger partial charge in [-0.3, -0.25) is 9.97 Å². The molecule has 0 bridgehead atoms. The molecule has 0 aliphatic carbocycles. The van der Waals surface area contributed by atoms with Crippen LogP contribution in [0.5, 0.6) is 0 Å². The highest BCUT2D eigenvalue weighted by molar-refractivity contribution is 7.12. The minimum Gasteiger partial charge on any atom is -0.261 e. The van der Waals surface area contributed by atoms with Crippen molar-refractivity contribution in [3.63, 3.8) is 0 Å². The van der Waals surface area contributed by atoms with Crippen molar-refractivity contribution in [2.45, 2.75) is 331 Å². The Bertz CT molecular complexity index is 2170. The second kappa shape index (κ2) is 31.4. The number of nitrogens with zero attached hydrogens (tertiary/aromatic N) is 4. The van der Waals surface area contributed by atoms with E-state index in [2.05, 4.69) is 342 Å². The average Bonchev–Trinajstić information content (AvgIpc) is 3.82. The highest BCUT2D eigenvalue weighted by atomic mass is 32.1. The molecule has 0 amide bonds. The fourth-order valence-corrected chi connectivity index (χ4v) is 7.41. The van der Waals surface area contributed by atoms with E-state index in [1.807, 2.05) is 51.4 Å². The van der Waals surface area contributed by atoms with Crippen LogP contribution in [0.1, 0.15) is 332 Å². The van der Waals surface area contributed by atoms with E-state index in [-0.39, 0.29) is 43.3 Å². The zero-order valence-electron chi connectivity index (χ0n) is 61.3. The Balaban J connectivity index is -0.000000896. The summed E-state index contributed by atoms with van der Waals surface area (Å²) in [5.74, 6) is 0. The molecule has 0 spiro atoms. The maximum Gasteiger partial charge on any atom is 0.0684 e. The van der Waals surface area contributed by atoms with Crippen LogP contribution in [-0.4, -0.2) is 20.2 Å². The molecule has 5 heteroatoms. The molecule has 0 N–H and O–H groups in total. The Kier molecular flexibility index (Phi) is 31.6. The van der Waals surface area contributed by atoms with Gasteiger partial charge in [0.15, 0.2) is 0 Å². The highest BCUT2D eigenvalue weighted by Crippen LogP contribution is 2.37. The Morgan fingerprint density at radius 1 is 0.259 bits per heavy atom. The zero-order chi connectivity index (χ0) is 65.2. The third-order valence-corrected chi connectivity index (χ3v) is 15.9. The van der Waals surface area contributed by atoms with Crippen molar-refractivity contribution in [3.05, 3.63) is 140 Å². The van der Waals surface area contributed by atoms with Gasteiger partial charge in [-0.05, 0) is 89.8 Å². The number of benzene rings is 2. The van der Waals surface area contributed by atoms with Crippen LogP contribution in [0.2, 0.25) is 0 Å². The summed E-state index contributed by atoms with van der Waals surface area (Å²) in [6, 6.07) is 26.6. The van der Waals surface area contributed by atoms with Crippen LogP contribution in [-0.2, 0) is 54.1 Å². The minimum absolute atomic E-state index is 0.0776. The van der Waals surface area contributed by atoms with Crippen LogP contribution < -0.4 is 0 Å². The zero-order valence-corrected chi connectivity index (χ0v) is 62.1. The van der Waals surface area contributed by atoms with Crippen LogP contribution in [0, 0.1) is 10.8 Å². The molecule has 0 aliphatic heterocycles. The van der Waals surface area contributed by atoms with Crippen LogP contribution in [0.25, 0.3) is 0 Å². The molecule has 0 radical (unpaired) electrons. The van der Waals surface area contributed by atoms with Gasteiger partial charge in [0.25, 0.3) is 0 Å². The molecule has 0 aliphatic rings. The number of hydrogen-bond acceptors (Lipinski definition) is 5. The first-order valence-corrected chi connectivity index (χ1v) is 31.6. The Labute approximate surface area is 510 Å².